The van der Waals surface area contributed by atoms with Gasteiger partial charge in [0.25, 0.3) is 0 Å². The third kappa shape index (κ3) is 53.3. The van der Waals surface area contributed by atoms with E-state index in [4.69, 9.17) is 28.4 Å². The molecule has 0 saturated carbocycles. The normalized spacial score (nSPS) is 25.1. The molecule has 0 spiro atoms. The van der Waals surface area contributed by atoms with Crippen LogP contribution in [0.25, 0.3) is 0 Å². The maximum atomic E-state index is 13.5. The number of hydrogen-bond acceptors (Lipinski definition) is 18. The summed E-state index contributed by atoms with van der Waals surface area (Å²) in [5.41, 5.74) is 0. The molecule has 3 aliphatic rings. The van der Waals surface area contributed by atoms with E-state index < -0.39 is 124 Å². The summed E-state index contributed by atoms with van der Waals surface area (Å²) in [4.78, 5) is 13.5. The highest BCUT2D eigenvalue weighted by Crippen LogP contribution is 2.33. The van der Waals surface area contributed by atoms with Gasteiger partial charge in [-0.3, -0.25) is 4.79 Å². The highest BCUT2D eigenvalue weighted by Gasteiger charge is 2.54. The molecule has 19 heteroatoms. The molecule has 0 aliphatic carbocycles. The minimum atomic E-state index is -1.99. The standard InChI is InChI=1S/C98H167NO18/c1-3-5-7-9-11-13-15-17-19-21-23-25-27-29-31-33-35-36-37-38-39-40-41-42-43-44-46-48-50-52-54-56-58-60-62-64-66-68-70-72-74-76-86(104)99-81(82(103)75-73-71-69-67-65-63-61-59-57-55-53-51-49-47-45-34-32-30-28-26-24-22-20-18-16-14-12-10-8-6-4-2)80-112-96-92(110)89(107)94(84(78-101)114-96)117-98-93(111)90(108)95(85(79-102)115-98)116-97-91(109)88(106)87(105)83(77-100)113-97/h5,7,11,13,17,19,23,25,29,31,35-36,38-39,41-42,44,46,57,59,65,67,73,75,81-85,87-98,100-103,105-111H,3-4,6,8-10,12,14-16,18,20-22,24,26-28,30,32-34,37,40,43,45,47-56,58,60-64,66,68-72,74,76-80H2,1-2H3,(H,99,104)/b7-5-,13-11-,19-17-,25-23-,31-29-,36-35-,39-38-,42-41-,46-44-,59-57+,67-65+,75-73+. The SMILES string of the molecule is CC/C=C\C/C=C\C/C=C\C/C=C\C/C=C\C/C=C\C/C=C\C/C=C\C/C=C\CCCCCCCCCCCCCCCC(=O)NC(COC1OC(CO)C(OC2OC(CO)C(OC3OC(CO)C(O)C(O)C3O)C(O)C2O)C(O)C1O)C(O)/C=C/CC/C=C/CC/C=C/CCCCCCCCCCCCCCCCCCCCCCC. The molecule has 3 aliphatic heterocycles. The zero-order chi connectivity index (χ0) is 84.5. The smallest absolute Gasteiger partial charge is 0.220 e. The number of carbonyl (C=O) groups excluding carboxylic acids is 1. The number of ether oxygens (including phenoxy) is 6. The van der Waals surface area contributed by atoms with Crippen molar-refractivity contribution < 1.29 is 89.4 Å². The average Bonchev–Trinajstić information content (AvgIpc) is 0.778. The van der Waals surface area contributed by atoms with E-state index >= 15 is 0 Å². The van der Waals surface area contributed by atoms with Crippen LogP contribution in [0.4, 0.5) is 0 Å². The summed E-state index contributed by atoms with van der Waals surface area (Å²) >= 11 is 0. The van der Waals surface area contributed by atoms with Crippen molar-refractivity contribution in [1.29, 1.82) is 0 Å². The summed E-state index contributed by atoms with van der Waals surface area (Å²) in [5.74, 6) is -0.293. The molecule has 0 aromatic heterocycles. The van der Waals surface area contributed by atoms with Crippen molar-refractivity contribution in [3.63, 3.8) is 0 Å². The van der Waals surface area contributed by atoms with Gasteiger partial charge >= 0.3 is 0 Å². The van der Waals surface area contributed by atoms with Gasteiger partial charge in [-0.05, 0) is 116 Å². The molecule has 1 amide bonds. The number of hydrogen-bond donors (Lipinski definition) is 12. The number of aliphatic hydroxyl groups excluding tert-OH is 11. The summed E-state index contributed by atoms with van der Waals surface area (Å²) in [5, 5.41) is 121. The first-order chi connectivity index (χ1) is 57.3. The number of allylic oxidation sites excluding steroid dienone is 23. The largest absolute Gasteiger partial charge is 0.394 e. The van der Waals surface area contributed by atoms with E-state index in [1.165, 1.54) is 186 Å². The van der Waals surface area contributed by atoms with E-state index in [9.17, 15) is 61.0 Å². The van der Waals surface area contributed by atoms with Crippen LogP contribution in [-0.4, -0.2) is 193 Å². The molecule has 0 radical (unpaired) electrons. The lowest BCUT2D eigenvalue weighted by Gasteiger charge is -2.48. The predicted molar refractivity (Wildman–Crippen MR) is 475 cm³/mol. The zero-order valence-corrected chi connectivity index (χ0v) is 72.6. The third-order valence-corrected chi connectivity index (χ3v) is 22.1. The van der Waals surface area contributed by atoms with Crippen LogP contribution in [0, 0.1) is 0 Å². The van der Waals surface area contributed by atoms with Crippen molar-refractivity contribution in [2.75, 3.05) is 26.4 Å². The Hall–Kier alpha value is -4.33. The fraction of sp³-hybridized carbons (Fsp3) is 0.745. The summed E-state index contributed by atoms with van der Waals surface area (Å²) in [7, 11) is 0. The fourth-order valence-electron chi connectivity index (χ4n) is 14.7. The number of aliphatic hydroxyl groups is 11. The topological polar surface area (TPSA) is 307 Å². The van der Waals surface area contributed by atoms with Crippen LogP contribution in [0.2, 0.25) is 0 Å². The van der Waals surface area contributed by atoms with Crippen LogP contribution in [0.5, 0.6) is 0 Å². The number of amides is 1. The van der Waals surface area contributed by atoms with Crippen molar-refractivity contribution in [2.45, 2.75) is 439 Å². The highest BCUT2D eigenvalue weighted by molar-refractivity contribution is 5.76. The van der Waals surface area contributed by atoms with E-state index in [2.05, 4.69) is 153 Å². The molecule has 672 valence electrons. The summed E-state index contributed by atoms with van der Waals surface area (Å²) in [6.07, 6.45) is 84.3. The molecular weight excluding hydrogens is 1480 g/mol. The predicted octanol–water partition coefficient (Wildman–Crippen LogP) is 18.5. The first-order valence-corrected chi connectivity index (χ1v) is 46.6. The van der Waals surface area contributed by atoms with E-state index in [0.29, 0.717) is 12.8 Å². The molecule has 3 rings (SSSR count). The van der Waals surface area contributed by atoms with Crippen LogP contribution in [0.15, 0.2) is 146 Å². The van der Waals surface area contributed by atoms with Crippen LogP contribution in [-0.2, 0) is 33.2 Å². The minimum absolute atomic E-state index is 0.223. The van der Waals surface area contributed by atoms with E-state index in [1.54, 1.807) is 6.08 Å². The molecular formula is C98H167NO18. The molecule has 19 nitrogen and oxygen atoms in total. The second-order valence-corrected chi connectivity index (χ2v) is 32.4. The Morgan fingerprint density at radius 2 is 0.598 bits per heavy atom. The number of rotatable bonds is 74. The van der Waals surface area contributed by atoms with Gasteiger partial charge in [0.15, 0.2) is 18.9 Å². The third-order valence-electron chi connectivity index (χ3n) is 22.1. The Morgan fingerprint density at radius 3 is 0.957 bits per heavy atom. The van der Waals surface area contributed by atoms with Crippen LogP contribution < -0.4 is 5.32 Å². The Bertz CT molecular complexity index is 2680. The molecule has 0 aromatic rings. The van der Waals surface area contributed by atoms with E-state index in [1.807, 2.05) is 6.08 Å². The molecule has 12 N–H and O–H groups in total. The molecule has 0 aromatic carbocycles. The van der Waals surface area contributed by atoms with Crippen LogP contribution >= 0.6 is 0 Å². The van der Waals surface area contributed by atoms with Gasteiger partial charge in [0.2, 0.25) is 5.91 Å². The Kier molecular flexibility index (Phi) is 68.9. The van der Waals surface area contributed by atoms with Gasteiger partial charge in [0.05, 0.1) is 38.6 Å². The van der Waals surface area contributed by atoms with E-state index in [0.717, 1.165) is 116 Å². The molecule has 3 fully saturated rings. The first kappa shape index (κ1) is 107. The van der Waals surface area contributed by atoms with Crippen molar-refractivity contribution in [3.05, 3.63) is 146 Å². The maximum Gasteiger partial charge on any atom is 0.220 e. The van der Waals surface area contributed by atoms with Gasteiger partial charge in [-0.25, -0.2) is 0 Å². The maximum absolute atomic E-state index is 13.5. The van der Waals surface area contributed by atoms with Crippen LogP contribution in [0.1, 0.15) is 335 Å². The van der Waals surface area contributed by atoms with Gasteiger partial charge in [0, 0.05) is 6.42 Å². The summed E-state index contributed by atoms with van der Waals surface area (Å²) in [6, 6.07) is -1.01. The lowest BCUT2D eigenvalue weighted by molar-refractivity contribution is -0.379. The van der Waals surface area contributed by atoms with Crippen molar-refractivity contribution in [3.8, 4) is 0 Å². The Labute approximate surface area is 708 Å². The quantitative estimate of drug-likeness (QED) is 0.0199. The van der Waals surface area contributed by atoms with Gasteiger partial charge in [-0.2, -0.15) is 0 Å². The molecule has 3 heterocycles. The Morgan fingerprint density at radius 1 is 0.316 bits per heavy atom. The van der Waals surface area contributed by atoms with Crippen molar-refractivity contribution >= 4 is 5.91 Å². The zero-order valence-electron chi connectivity index (χ0n) is 72.6. The van der Waals surface area contributed by atoms with Gasteiger partial charge < -0.3 is 89.9 Å². The van der Waals surface area contributed by atoms with Gasteiger partial charge in [-0.15, -0.1) is 0 Å². The second-order valence-electron chi connectivity index (χ2n) is 32.4. The Balaban J connectivity index is 1.33. The van der Waals surface area contributed by atoms with Crippen LogP contribution in [0.3, 0.4) is 0 Å². The summed E-state index contributed by atoms with van der Waals surface area (Å²) < 4.78 is 34.5. The second kappa shape index (κ2) is 75.4. The number of carbonyl (C=O) groups is 1. The molecule has 17 unspecified atom stereocenters. The number of unbranched alkanes of at least 4 members (excludes halogenated alkanes) is 36. The molecule has 0 bridgehead atoms. The van der Waals surface area contributed by atoms with Gasteiger partial charge in [-0.1, -0.05) is 359 Å². The first-order valence-electron chi connectivity index (χ1n) is 46.6. The fourth-order valence-corrected chi connectivity index (χ4v) is 14.7. The molecule has 3 saturated heterocycles. The molecule has 17 atom stereocenters. The van der Waals surface area contributed by atoms with Gasteiger partial charge in [0.1, 0.15) is 73.2 Å². The lowest BCUT2D eigenvalue weighted by Crippen LogP contribution is -2.66. The van der Waals surface area contributed by atoms with Crippen molar-refractivity contribution in [2.24, 2.45) is 0 Å². The van der Waals surface area contributed by atoms with Crippen molar-refractivity contribution in [1.82, 2.24) is 5.32 Å². The highest BCUT2D eigenvalue weighted by atomic mass is 16.8. The average molecular weight is 1650 g/mol. The minimum Gasteiger partial charge on any atom is -0.394 e. The summed E-state index contributed by atoms with van der Waals surface area (Å²) in [6.45, 7) is 1.62. The monoisotopic (exact) mass is 1650 g/mol. The number of nitrogens with one attached hydrogen (secondary N) is 1. The lowest BCUT2D eigenvalue weighted by atomic mass is 9.96. The van der Waals surface area contributed by atoms with E-state index in [-0.39, 0.29) is 18.9 Å². The molecule has 117 heavy (non-hydrogen) atoms.